The monoisotopic (exact) mass is 443 g/mol. The second-order valence-electron chi connectivity index (χ2n) is 7.81. The van der Waals surface area contributed by atoms with Crippen molar-refractivity contribution in [2.75, 3.05) is 45.5 Å². The highest BCUT2D eigenvalue weighted by molar-refractivity contribution is 7.90. The van der Waals surface area contributed by atoms with Gasteiger partial charge < -0.3 is 14.7 Å². The molecular formula is C20H30ClN3O4S. The maximum Gasteiger partial charge on any atom is 0.227 e. The van der Waals surface area contributed by atoms with Crippen molar-refractivity contribution in [1.29, 1.82) is 0 Å². The van der Waals surface area contributed by atoms with Crippen LogP contribution in [0.3, 0.4) is 0 Å². The van der Waals surface area contributed by atoms with Crippen molar-refractivity contribution in [3.05, 3.63) is 29.8 Å². The van der Waals surface area contributed by atoms with E-state index in [0.717, 1.165) is 25.2 Å². The summed E-state index contributed by atoms with van der Waals surface area (Å²) < 4.78 is 23.1. The molecule has 0 aromatic heterocycles. The van der Waals surface area contributed by atoms with Gasteiger partial charge in [0.2, 0.25) is 11.8 Å². The number of hydrogen-bond acceptors (Lipinski definition) is 5. The summed E-state index contributed by atoms with van der Waals surface area (Å²) in [5.74, 6) is 0.0781. The molecule has 2 amide bonds. The molecule has 0 radical (unpaired) electrons. The van der Waals surface area contributed by atoms with Crippen LogP contribution in [0, 0.1) is 0 Å². The van der Waals surface area contributed by atoms with E-state index in [4.69, 9.17) is 0 Å². The summed E-state index contributed by atoms with van der Waals surface area (Å²) in [7, 11) is -3.24. The van der Waals surface area contributed by atoms with Gasteiger partial charge in [-0.1, -0.05) is 12.1 Å². The summed E-state index contributed by atoms with van der Waals surface area (Å²) in [6.07, 6.45) is 3.79. The third-order valence-corrected chi connectivity index (χ3v) is 6.74. The average molecular weight is 444 g/mol. The maximum atomic E-state index is 12.8. The Hall–Kier alpha value is -1.64. The SMILES string of the molecule is CC(=O)N1CCN(C(=O)Cc2ccc(S(C)(=O)=O)cc2)C[C@H]1CN1CCCC1.Cl. The molecule has 7 nitrogen and oxygen atoms in total. The Morgan fingerprint density at radius 1 is 1.03 bits per heavy atom. The van der Waals surface area contributed by atoms with E-state index in [1.54, 1.807) is 31.2 Å². The lowest BCUT2D eigenvalue weighted by molar-refractivity contribution is -0.141. The summed E-state index contributed by atoms with van der Waals surface area (Å²) >= 11 is 0. The largest absolute Gasteiger partial charge is 0.339 e. The molecule has 2 saturated heterocycles. The zero-order valence-electron chi connectivity index (χ0n) is 17.0. The zero-order valence-corrected chi connectivity index (χ0v) is 18.7. The lowest BCUT2D eigenvalue weighted by Crippen LogP contribution is -2.59. The Morgan fingerprint density at radius 3 is 2.21 bits per heavy atom. The molecule has 0 unspecified atom stereocenters. The van der Waals surface area contributed by atoms with E-state index in [9.17, 15) is 18.0 Å². The average Bonchev–Trinajstić information content (AvgIpc) is 3.14. The van der Waals surface area contributed by atoms with Crippen LogP contribution >= 0.6 is 12.4 Å². The predicted octanol–water partition coefficient (Wildman–Crippen LogP) is 1.21. The fourth-order valence-electron chi connectivity index (χ4n) is 4.06. The van der Waals surface area contributed by atoms with Crippen molar-refractivity contribution >= 4 is 34.1 Å². The highest BCUT2D eigenvalue weighted by Gasteiger charge is 2.32. The quantitative estimate of drug-likeness (QED) is 0.683. The van der Waals surface area contributed by atoms with E-state index in [-0.39, 0.29) is 41.6 Å². The van der Waals surface area contributed by atoms with Crippen molar-refractivity contribution in [3.63, 3.8) is 0 Å². The molecule has 29 heavy (non-hydrogen) atoms. The summed E-state index contributed by atoms with van der Waals surface area (Å²) in [5.41, 5.74) is 0.794. The lowest BCUT2D eigenvalue weighted by Gasteiger charge is -2.42. The molecule has 1 aromatic carbocycles. The highest BCUT2D eigenvalue weighted by Crippen LogP contribution is 2.17. The first-order valence-electron chi connectivity index (χ1n) is 9.80. The molecule has 2 heterocycles. The van der Waals surface area contributed by atoms with Crippen molar-refractivity contribution in [2.24, 2.45) is 0 Å². The van der Waals surface area contributed by atoms with Gasteiger partial charge in [0.05, 0.1) is 17.4 Å². The van der Waals surface area contributed by atoms with Gasteiger partial charge in [-0.25, -0.2) is 8.42 Å². The van der Waals surface area contributed by atoms with Crippen LogP contribution in [0.1, 0.15) is 25.3 Å². The lowest BCUT2D eigenvalue weighted by atomic mass is 10.1. The van der Waals surface area contributed by atoms with Crippen LogP contribution in [0.15, 0.2) is 29.2 Å². The van der Waals surface area contributed by atoms with Crippen LogP contribution < -0.4 is 0 Å². The topological polar surface area (TPSA) is 78.0 Å². The van der Waals surface area contributed by atoms with Crippen molar-refractivity contribution in [2.45, 2.75) is 37.1 Å². The first-order valence-corrected chi connectivity index (χ1v) is 11.7. The second-order valence-corrected chi connectivity index (χ2v) is 9.82. The number of rotatable bonds is 5. The van der Waals surface area contributed by atoms with Gasteiger partial charge in [-0.2, -0.15) is 0 Å². The number of nitrogens with zero attached hydrogens (tertiary/aromatic N) is 3. The molecule has 1 aromatic rings. The third kappa shape index (κ3) is 6.17. The van der Waals surface area contributed by atoms with Gasteiger partial charge >= 0.3 is 0 Å². The molecule has 0 aliphatic carbocycles. The van der Waals surface area contributed by atoms with Gasteiger partial charge in [0.15, 0.2) is 9.84 Å². The Kier molecular flexibility index (Phi) is 8.08. The highest BCUT2D eigenvalue weighted by atomic mass is 35.5. The zero-order chi connectivity index (χ0) is 20.3. The maximum absolute atomic E-state index is 12.8. The van der Waals surface area contributed by atoms with E-state index in [1.807, 2.05) is 9.80 Å². The number of likely N-dealkylation sites (tertiary alicyclic amines) is 1. The van der Waals surface area contributed by atoms with Gasteiger partial charge in [0.25, 0.3) is 0 Å². The Balaban J connectivity index is 0.00000300. The van der Waals surface area contributed by atoms with Crippen LogP contribution in [0.2, 0.25) is 0 Å². The fraction of sp³-hybridized carbons (Fsp3) is 0.600. The van der Waals surface area contributed by atoms with E-state index < -0.39 is 9.84 Å². The van der Waals surface area contributed by atoms with Crippen LogP contribution in [-0.2, 0) is 25.8 Å². The molecule has 0 bridgehead atoms. The number of benzene rings is 1. The Labute approximate surface area is 179 Å². The minimum absolute atomic E-state index is 0. The Morgan fingerprint density at radius 2 is 1.66 bits per heavy atom. The van der Waals surface area contributed by atoms with E-state index in [0.29, 0.717) is 19.6 Å². The molecule has 3 rings (SSSR count). The van der Waals surface area contributed by atoms with Gasteiger partial charge in [-0.05, 0) is 43.6 Å². The van der Waals surface area contributed by atoms with Gasteiger partial charge in [0, 0.05) is 39.4 Å². The molecule has 0 spiro atoms. The number of sulfone groups is 1. The van der Waals surface area contributed by atoms with Crippen LogP contribution in [0.5, 0.6) is 0 Å². The number of halogens is 1. The molecule has 0 saturated carbocycles. The summed E-state index contributed by atoms with van der Waals surface area (Å²) in [4.78, 5) is 31.2. The van der Waals surface area contributed by atoms with E-state index >= 15 is 0 Å². The van der Waals surface area contributed by atoms with Crippen LogP contribution in [0.4, 0.5) is 0 Å². The second kappa shape index (κ2) is 9.91. The molecule has 0 N–H and O–H groups in total. The predicted molar refractivity (Wildman–Crippen MR) is 114 cm³/mol. The number of carbonyl (C=O) groups is 2. The summed E-state index contributed by atoms with van der Waals surface area (Å²) in [6.45, 7) is 6.18. The van der Waals surface area contributed by atoms with Gasteiger partial charge in [-0.15, -0.1) is 12.4 Å². The minimum Gasteiger partial charge on any atom is -0.339 e. The van der Waals surface area contributed by atoms with Crippen LogP contribution in [0.25, 0.3) is 0 Å². The Bertz CT molecular complexity index is 823. The molecule has 2 aliphatic rings. The third-order valence-electron chi connectivity index (χ3n) is 5.61. The first kappa shape index (κ1) is 23.6. The summed E-state index contributed by atoms with van der Waals surface area (Å²) in [6, 6.07) is 6.51. The molecule has 2 fully saturated rings. The standard InChI is InChI=1S/C20H29N3O4S.ClH/c1-16(24)23-12-11-22(15-18(23)14-21-9-3-4-10-21)20(25)13-17-5-7-19(8-6-17)28(2,26)27;/h5-8,18H,3-4,9-15H2,1-2H3;1H/t18-;/m1./s1. The van der Waals surface area contributed by atoms with Gasteiger partial charge in [-0.3, -0.25) is 9.59 Å². The molecule has 162 valence electrons. The molecule has 2 aliphatic heterocycles. The molecule has 9 heteroatoms. The van der Waals surface area contributed by atoms with Crippen LogP contribution in [-0.4, -0.2) is 86.5 Å². The smallest absolute Gasteiger partial charge is 0.227 e. The number of carbonyl (C=O) groups excluding carboxylic acids is 2. The van der Waals surface area contributed by atoms with Crippen molar-refractivity contribution in [1.82, 2.24) is 14.7 Å². The number of amides is 2. The van der Waals surface area contributed by atoms with E-state index in [2.05, 4.69) is 4.90 Å². The molecule has 1 atom stereocenters. The van der Waals surface area contributed by atoms with Crippen molar-refractivity contribution < 1.29 is 18.0 Å². The molecular weight excluding hydrogens is 414 g/mol. The van der Waals surface area contributed by atoms with E-state index in [1.165, 1.54) is 19.1 Å². The number of piperazine rings is 1. The van der Waals surface area contributed by atoms with Crippen molar-refractivity contribution in [3.8, 4) is 0 Å². The first-order chi connectivity index (χ1) is 13.2. The number of hydrogen-bond donors (Lipinski definition) is 0. The summed E-state index contributed by atoms with van der Waals surface area (Å²) in [5, 5.41) is 0. The van der Waals surface area contributed by atoms with Gasteiger partial charge in [0.1, 0.15) is 0 Å². The normalized spacial score (nSPS) is 20.4. The minimum atomic E-state index is -3.24. The fourth-order valence-corrected chi connectivity index (χ4v) is 4.69.